The molecule has 12 heteroatoms. The molecule has 0 radical (unpaired) electrons. The maximum atomic E-state index is 13.3. The molecule has 0 aliphatic carbocycles. The summed E-state index contributed by atoms with van der Waals surface area (Å²) in [4.78, 5) is 59.9. The molecule has 3 rings (SSSR count). The summed E-state index contributed by atoms with van der Waals surface area (Å²) in [5.74, 6) is -4.02. The van der Waals surface area contributed by atoms with Crippen LogP contribution in [0, 0.1) is 0 Å². The first kappa shape index (κ1) is 26.6. The Morgan fingerprint density at radius 2 is 1.80 bits per heavy atom. The van der Waals surface area contributed by atoms with Gasteiger partial charge in [0.05, 0.1) is 26.0 Å². The Morgan fingerprint density at radius 1 is 1.14 bits per heavy atom. The molecule has 2 aliphatic rings. The average molecular weight is 524 g/mol. The van der Waals surface area contributed by atoms with Crippen molar-refractivity contribution in [2.75, 3.05) is 25.2 Å². The standard InChI is InChI=1S/C23H26ClN3O7S/c1-7-33-19(29)15-16(20(30)34-8-2)26-13-10-9-12(24)11-14(13)35-22(26)25-17(15)27(23(3,4)5)18(28)21(31)32-6/h9-11,16H,7-8H2,1-6H3. The van der Waals surface area contributed by atoms with Crippen LogP contribution in [-0.4, -0.2) is 65.8 Å². The zero-order valence-corrected chi connectivity index (χ0v) is 21.8. The molecule has 1 atom stereocenters. The first-order valence-corrected chi connectivity index (χ1v) is 12.0. The molecule has 0 saturated heterocycles. The minimum Gasteiger partial charge on any atom is -0.464 e. The molecule has 0 spiro atoms. The number of amides is 1. The monoisotopic (exact) mass is 523 g/mol. The number of fused-ring (bicyclic) bond motifs is 3. The molecule has 2 aliphatic heterocycles. The van der Waals surface area contributed by atoms with E-state index in [-0.39, 0.29) is 24.6 Å². The summed E-state index contributed by atoms with van der Waals surface area (Å²) in [7, 11) is 1.07. The van der Waals surface area contributed by atoms with E-state index in [0.29, 0.717) is 20.8 Å². The maximum absolute atomic E-state index is 13.3. The number of anilines is 1. The molecular formula is C23H26ClN3O7S. The molecule has 0 saturated carbocycles. The van der Waals surface area contributed by atoms with E-state index in [1.807, 2.05) is 0 Å². The molecule has 188 valence electrons. The highest BCUT2D eigenvalue weighted by Gasteiger charge is 2.50. The van der Waals surface area contributed by atoms with Crippen molar-refractivity contribution in [2.45, 2.75) is 51.1 Å². The molecule has 1 aromatic rings. The average Bonchev–Trinajstić information content (AvgIpc) is 3.13. The number of amidine groups is 1. The summed E-state index contributed by atoms with van der Waals surface area (Å²) in [5, 5.41) is 0.774. The zero-order chi connectivity index (χ0) is 26.1. The van der Waals surface area contributed by atoms with Crippen LogP contribution in [0.5, 0.6) is 0 Å². The number of hydrogen-bond acceptors (Lipinski definition) is 10. The van der Waals surface area contributed by atoms with Gasteiger partial charge in [0, 0.05) is 15.5 Å². The smallest absolute Gasteiger partial charge is 0.397 e. The Morgan fingerprint density at radius 3 is 2.37 bits per heavy atom. The minimum atomic E-state index is -1.33. The normalized spacial score (nSPS) is 16.7. The molecule has 10 nitrogen and oxygen atoms in total. The van der Waals surface area contributed by atoms with Crippen molar-refractivity contribution in [3.05, 3.63) is 34.6 Å². The minimum absolute atomic E-state index is 0.00312. The number of halogens is 1. The van der Waals surface area contributed by atoms with Gasteiger partial charge in [0.25, 0.3) is 0 Å². The first-order chi connectivity index (χ1) is 16.5. The predicted octanol–water partition coefficient (Wildman–Crippen LogP) is 3.13. The van der Waals surface area contributed by atoms with Gasteiger partial charge in [-0.25, -0.2) is 19.4 Å². The largest absolute Gasteiger partial charge is 0.464 e. The van der Waals surface area contributed by atoms with E-state index in [9.17, 15) is 19.2 Å². The lowest BCUT2D eigenvalue weighted by Gasteiger charge is -2.40. The highest BCUT2D eigenvalue weighted by molar-refractivity contribution is 8.14. The van der Waals surface area contributed by atoms with Crippen LogP contribution in [0.25, 0.3) is 0 Å². The maximum Gasteiger partial charge on any atom is 0.397 e. The Kier molecular flexibility index (Phi) is 7.80. The molecule has 2 heterocycles. The van der Waals surface area contributed by atoms with Crippen molar-refractivity contribution in [3.63, 3.8) is 0 Å². The van der Waals surface area contributed by atoms with Crippen LogP contribution in [0.2, 0.25) is 5.02 Å². The second kappa shape index (κ2) is 10.3. The van der Waals surface area contributed by atoms with Crippen molar-refractivity contribution < 1.29 is 33.4 Å². The lowest BCUT2D eigenvalue weighted by Crippen LogP contribution is -2.54. The van der Waals surface area contributed by atoms with E-state index in [1.54, 1.807) is 57.7 Å². The summed E-state index contributed by atoms with van der Waals surface area (Å²) in [5.41, 5.74) is -0.688. The molecule has 35 heavy (non-hydrogen) atoms. The van der Waals surface area contributed by atoms with Gasteiger partial charge in [-0.2, -0.15) is 0 Å². The number of ether oxygens (including phenoxy) is 3. The van der Waals surface area contributed by atoms with Crippen molar-refractivity contribution in [2.24, 2.45) is 4.99 Å². The first-order valence-electron chi connectivity index (χ1n) is 10.8. The molecule has 0 fully saturated rings. The van der Waals surface area contributed by atoms with E-state index < -0.39 is 35.4 Å². The van der Waals surface area contributed by atoms with Crippen molar-refractivity contribution in [1.29, 1.82) is 0 Å². The van der Waals surface area contributed by atoms with Crippen molar-refractivity contribution in [1.82, 2.24) is 4.90 Å². The van der Waals surface area contributed by atoms with Gasteiger partial charge in [0.1, 0.15) is 5.57 Å². The Balaban J connectivity index is 2.35. The fraction of sp³-hybridized carbons (Fsp3) is 0.435. The van der Waals surface area contributed by atoms with Gasteiger partial charge in [-0.3, -0.25) is 9.69 Å². The van der Waals surface area contributed by atoms with Crippen LogP contribution in [0.1, 0.15) is 34.6 Å². The van der Waals surface area contributed by atoms with Crippen LogP contribution in [-0.2, 0) is 33.4 Å². The number of carbonyl (C=O) groups is 4. The Labute approximate surface area is 212 Å². The number of aliphatic imine (C=N–C) groups is 1. The molecule has 0 N–H and O–H groups in total. The molecular weight excluding hydrogens is 498 g/mol. The van der Waals surface area contributed by atoms with Gasteiger partial charge in [-0.1, -0.05) is 11.6 Å². The SMILES string of the molecule is CCOC(=O)C1=C(N(C(=O)C(=O)OC)C(C)(C)C)N=C2Sc3cc(Cl)ccc3N2C1C(=O)OCC. The van der Waals surface area contributed by atoms with E-state index in [1.165, 1.54) is 11.8 Å². The molecule has 1 unspecified atom stereocenters. The summed E-state index contributed by atoms with van der Waals surface area (Å²) in [6.45, 7) is 8.27. The highest BCUT2D eigenvalue weighted by Crippen LogP contribution is 2.47. The van der Waals surface area contributed by atoms with Crippen LogP contribution in [0.15, 0.2) is 39.5 Å². The third-order valence-corrected chi connectivity index (χ3v) is 6.27. The number of thioether (sulfide) groups is 1. The third kappa shape index (κ3) is 5.01. The number of rotatable bonds is 5. The Bertz CT molecular complexity index is 1140. The summed E-state index contributed by atoms with van der Waals surface area (Å²) < 4.78 is 15.2. The van der Waals surface area contributed by atoms with E-state index in [4.69, 9.17) is 21.1 Å². The fourth-order valence-electron chi connectivity index (χ4n) is 3.67. The second-order valence-corrected chi connectivity index (χ2v) is 9.84. The Hall–Kier alpha value is -3.05. The molecule has 0 aromatic heterocycles. The van der Waals surface area contributed by atoms with Gasteiger partial charge >= 0.3 is 23.8 Å². The van der Waals surface area contributed by atoms with Crippen LogP contribution < -0.4 is 4.90 Å². The second-order valence-electron chi connectivity index (χ2n) is 8.39. The van der Waals surface area contributed by atoms with Gasteiger partial charge in [0.15, 0.2) is 17.0 Å². The van der Waals surface area contributed by atoms with Crippen LogP contribution >= 0.6 is 23.4 Å². The highest BCUT2D eigenvalue weighted by atomic mass is 35.5. The molecule has 1 amide bonds. The fourth-order valence-corrected chi connectivity index (χ4v) is 5.00. The predicted molar refractivity (Wildman–Crippen MR) is 130 cm³/mol. The van der Waals surface area contributed by atoms with Gasteiger partial charge in [-0.15, -0.1) is 0 Å². The summed E-state index contributed by atoms with van der Waals surface area (Å²) >= 11 is 7.37. The lowest BCUT2D eigenvalue weighted by atomic mass is 9.99. The van der Waals surface area contributed by atoms with E-state index >= 15 is 0 Å². The van der Waals surface area contributed by atoms with Crippen molar-refractivity contribution in [3.8, 4) is 0 Å². The van der Waals surface area contributed by atoms with E-state index in [2.05, 4.69) is 9.73 Å². The number of benzene rings is 1. The van der Waals surface area contributed by atoms with Crippen LogP contribution in [0.4, 0.5) is 5.69 Å². The van der Waals surface area contributed by atoms with Crippen molar-refractivity contribution >= 4 is 58.0 Å². The lowest BCUT2D eigenvalue weighted by molar-refractivity contribution is -0.159. The number of nitrogens with zero attached hydrogens (tertiary/aromatic N) is 3. The summed E-state index contributed by atoms with van der Waals surface area (Å²) in [6.07, 6.45) is 0. The summed E-state index contributed by atoms with van der Waals surface area (Å²) in [6, 6.07) is 3.73. The number of carbonyl (C=O) groups excluding carboxylic acids is 4. The number of hydrogen-bond donors (Lipinski definition) is 0. The van der Waals surface area contributed by atoms with Crippen LogP contribution in [0.3, 0.4) is 0 Å². The number of methoxy groups -OCH3 is 1. The quantitative estimate of drug-likeness (QED) is 0.326. The van der Waals surface area contributed by atoms with Gasteiger partial charge < -0.3 is 19.1 Å². The molecule has 1 aromatic carbocycles. The van der Waals surface area contributed by atoms with E-state index in [0.717, 1.165) is 12.0 Å². The topological polar surface area (TPSA) is 115 Å². The van der Waals surface area contributed by atoms with Gasteiger partial charge in [-0.05, 0) is 64.6 Å². The zero-order valence-electron chi connectivity index (χ0n) is 20.2. The number of esters is 3. The molecule has 0 bridgehead atoms. The van der Waals surface area contributed by atoms with Gasteiger partial charge in [0.2, 0.25) is 0 Å². The third-order valence-electron chi connectivity index (χ3n) is 5.01.